The Labute approximate surface area is 100 Å². The van der Waals surface area contributed by atoms with Gasteiger partial charge in [-0.25, -0.2) is 0 Å². The highest BCUT2D eigenvalue weighted by Gasteiger charge is 2.09. The molecule has 0 amide bonds. The Hall–Kier alpha value is -1.21. The van der Waals surface area contributed by atoms with E-state index in [2.05, 4.69) is 4.74 Å². The van der Waals surface area contributed by atoms with Crippen LogP contribution in [0.25, 0.3) is 0 Å². The lowest BCUT2D eigenvalue weighted by Crippen LogP contribution is -2.05. The smallest absolute Gasteiger partial charge is 0.211 e. The summed E-state index contributed by atoms with van der Waals surface area (Å²) in [5.41, 5.74) is 0.698. The summed E-state index contributed by atoms with van der Waals surface area (Å²) >= 11 is 5.94. The molecule has 0 bridgehead atoms. The van der Waals surface area contributed by atoms with Gasteiger partial charge in [-0.1, -0.05) is 46.7 Å². The average molecular weight is 250 g/mol. The Morgan fingerprint density at radius 2 is 1.56 bits per heavy atom. The van der Waals surface area contributed by atoms with E-state index in [1.807, 2.05) is 30.3 Å². The summed E-state index contributed by atoms with van der Waals surface area (Å²) in [6.45, 7) is 0. The SMILES string of the molecule is [O-][P+](=Nc1ccccc1)c1ccccc1Cl. The Morgan fingerprint density at radius 1 is 0.938 bits per heavy atom. The molecule has 0 saturated carbocycles. The molecule has 0 spiro atoms. The van der Waals surface area contributed by atoms with Crippen LogP contribution in [-0.2, 0) is 0 Å². The minimum absolute atomic E-state index is 0.489. The molecule has 0 saturated heterocycles. The van der Waals surface area contributed by atoms with E-state index in [0.29, 0.717) is 16.0 Å². The van der Waals surface area contributed by atoms with Crippen LogP contribution in [0, 0.1) is 0 Å². The molecule has 2 nitrogen and oxygen atoms in total. The molecular weight excluding hydrogens is 241 g/mol. The summed E-state index contributed by atoms with van der Waals surface area (Å²) < 4.78 is 4.11. The summed E-state index contributed by atoms with van der Waals surface area (Å²) in [5, 5.41) is 1.06. The molecule has 0 aromatic heterocycles. The molecule has 16 heavy (non-hydrogen) atoms. The molecule has 0 aliphatic carbocycles. The molecular formula is C12H9ClNOP. The lowest BCUT2D eigenvalue weighted by Gasteiger charge is -1.97. The lowest BCUT2D eigenvalue weighted by molar-refractivity contribution is -0.152. The molecule has 2 aromatic carbocycles. The van der Waals surface area contributed by atoms with Crippen molar-refractivity contribution in [3.05, 3.63) is 59.6 Å². The number of benzene rings is 2. The van der Waals surface area contributed by atoms with Crippen LogP contribution in [0.5, 0.6) is 0 Å². The predicted octanol–water partition coefficient (Wildman–Crippen LogP) is 3.24. The van der Waals surface area contributed by atoms with Crippen LogP contribution in [0.3, 0.4) is 0 Å². The number of halogens is 1. The van der Waals surface area contributed by atoms with Crippen molar-refractivity contribution in [1.29, 1.82) is 0 Å². The number of hydrogen-bond donors (Lipinski definition) is 0. The number of nitrogens with zero attached hydrogens (tertiary/aromatic N) is 1. The quantitative estimate of drug-likeness (QED) is 0.753. The van der Waals surface area contributed by atoms with Crippen LogP contribution in [-0.4, -0.2) is 0 Å². The van der Waals surface area contributed by atoms with E-state index in [0.717, 1.165) is 0 Å². The average Bonchev–Trinajstić information content (AvgIpc) is 2.31. The highest BCUT2D eigenvalue weighted by molar-refractivity contribution is 7.49. The van der Waals surface area contributed by atoms with Crippen molar-refractivity contribution < 1.29 is 4.89 Å². The second kappa shape index (κ2) is 5.22. The van der Waals surface area contributed by atoms with E-state index in [1.54, 1.807) is 24.3 Å². The molecule has 0 N–H and O–H groups in total. The molecule has 1 unspecified atom stereocenters. The van der Waals surface area contributed by atoms with E-state index in [4.69, 9.17) is 11.6 Å². The lowest BCUT2D eigenvalue weighted by atomic mass is 10.3. The fraction of sp³-hybridized carbons (Fsp3) is 0. The van der Waals surface area contributed by atoms with E-state index in [-0.39, 0.29) is 0 Å². The zero-order valence-corrected chi connectivity index (χ0v) is 10.0. The first-order valence-electron chi connectivity index (χ1n) is 4.76. The first-order valence-corrected chi connectivity index (χ1v) is 6.35. The molecule has 2 aromatic rings. The number of rotatable bonds is 2. The fourth-order valence-electron chi connectivity index (χ4n) is 1.26. The molecule has 0 heterocycles. The molecule has 0 radical (unpaired) electrons. The topological polar surface area (TPSA) is 35.4 Å². The molecule has 0 fully saturated rings. The molecule has 0 aliphatic heterocycles. The maximum atomic E-state index is 11.9. The van der Waals surface area contributed by atoms with Crippen LogP contribution >= 0.6 is 19.5 Å². The van der Waals surface area contributed by atoms with Crippen LogP contribution in [0.2, 0.25) is 5.02 Å². The maximum Gasteiger partial charge on any atom is 0.211 e. The molecule has 4 heteroatoms. The third kappa shape index (κ3) is 2.67. The third-order valence-electron chi connectivity index (χ3n) is 2.02. The monoisotopic (exact) mass is 249 g/mol. The van der Waals surface area contributed by atoms with Crippen LogP contribution in [0.4, 0.5) is 5.69 Å². The maximum absolute atomic E-state index is 11.9. The van der Waals surface area contributed by atoms with Crippen LogP contribution < -0.4 is 10.2 Å². The van der Waals surface area contributed by atoms with Gasteiger partial charge in [-0.3, -0.25) is 0 Å². The second-order valence-corrected chi connectivity index (χ2v) is 4.79. The van der Waals surface area contributed by atoms with Gasteiger partial charge < -0.3 is 4.89 Å². The van der Waals surface area contributed by atoms with Crippen molar-refractivity contribution in [2.24, 2.45) is 4.74 Å². The van der Waals surface area contributed by atoms with Gasteiger partial charge in [0.05, 0.1) is 5.02 Å². The highest BCUT2D eigenvalue weighted by Crippen LogP contribution is 2.25. The summed E-state index contributed by atoms with van der Waals surface area (Å²) in [7, 11) is -1.83. The zero-order valence-electron chi connectivity index (χ0n) is 8.38. The number of hydrogen-bond acceptors (Lipinski definition) is 2. The summed E-state index contributed by atoms with van der Waals surface area (Å²) in [6, 6.07) is 16.3. The largest absolute Gasteiger partial charge is 0.607 e. The van der Waals surface area contributed by atoms with Gasteiger partial charge in [0.25, 0.3) is 0 Å². The van der Waals surface area contributed by atoms with Gasteiger partial charge in [0.1, 0.15) is 5.69 Å². The van der Waals surface area contributed by atoms with Crippen molar-refractivity contribution >= 4 is 30.5 Å². The van der Waals surface area contributed by atoms with E-state index in [9.17, 15) is 4.89 Å². The fourth-order valence-corrected chi connectivity index (χ4v) is 2.53. The van der Waals surface area contributed by atoms with Gasteiger partial charge in [-0.15, -0.1) is 0 Å². The van der Waals surface area contributed by atoms with Gasteiger partial charge in [0.15, 0.2) is 5.30 Å². The Bertz CT molecular complexity index is 513. The summed E-state index contributed by atoms with van der Waals surface area (Å²) in [5.74, 6) is 0. The molecule has 80 valence electrons. The van der Waals surface area contributed by atoms with Gasteiger partial charge in [-0.05, 0) is 24.3 Å². The van der Waals surface area contributed by atoms with Gasteiger partial charge in [-0.2, -0.15) is 0 Å². The van der Waals surface area contributed by atoms with Crippen molar-refractivity contribution in [1.82, 2.24) is 0 Å². The standard InChI is InChI=1S/C12H9ClNOP/c13-11-8-4-5-9-12(11)16(15)14-10-6-2-1-3-7-10/h1-9H. The van der Waals surface area contributed by atoms with Gasteiger partial charge in [0, 0.05) is 0 Å². The van der Waals surface area contributed by atoms with Gasteiger partial charge in [0.2, 0.25) is 7.94 Å². The van der Waals surface area contributed by atoms with Gasteiger partial charge >= 0.3 is 0 Å². The summed E-state index contributed by atoms with van der Waals surface area (Å²) in [6.07, 6.45) is 0. The molecule has 1 atom stereocenters. The first kappa shape index (κ1) is 11.3. The molecule has 0 aliphatic rings. The van der Waals surface area contributed by atoms with Crippen molar-refractivity contribution in [2.75, 3.05) is 0 Å². The Morgan fingerprint density at radius 3 is 2.25 bits per heavy atom. The second-order valence-electron chi connectivity index (χ2n) is 3.16. The van der Waals surface area contributed by atoms with Crippen LogP contribution in [0.1, 0.15) is 0 Å². The van der Waals surface area contributed by atoms with Crippen molar-refractivity contribution in [3.63, 3.8) is 0 Å². The predicted molar refractivity (Wildman–Crippen MR) is 66.5 cm³/mol. The Kier molecular flexibility index (Phi) is 3.68. The van der Waals surface area contributed by atoms with E-state index < -0.39 is 7.94 Å². The van der Waals surface area contributed by atoms with E-state index >= 15 is 0 Å². The third-order valence-corrected chi connectivity index (χ3v) is 3.70. The minimum Gasteiger partial charge on any atom is -0.607 e. The first-order chi connectivity index (χ1) is 7.77. The highest BCUT2D eigenvalue weighted by atomic mass is 35.5. The van der Waals surface area contributed by atoms with Crippen molar-refractivity contribution in [2.45, 2.75) is 0 Å². The van der Waals surface area contributed by atoms with Crippen LogP contribution in [0.15, 0.2) is 59.3 Å². The minimum atomic E-state index is -1.83. The Balaban J connectivity index is 2.36. The van der Waals surface area contributed by atoms with Crippen molar-refractivity contribution in [3.8, 4) is 0 Å². The zero-order chi connectivity index (χ0) is 11.4. The van der Waals surface area contributed by atoms with E-state index in [1.165, 1.54) is 0 Å². The molecule has 2 rings (SSSR count). The normalized spacial score (nSPS) is 11.5. The summed E-state index contributed by atoms with van der Waals surface area (Å²) in [4.78, 5) is 11.9.